The van der Waals surface area contributed by atoms with Crippen molar-refractivity contribution in [3.63, 3.8) is 0 Å². The van der Waals surface area contributed by atoms with Crippen molar-refractivity contribution in [2.75, 3.05) is 10.6 Å². The van der Waals surface area contributed by atoms with E-state index < -0.39 is 41.7 Å². The first-order chi connectivity index (χ1) is 20.1. The number of hydrogen-bond donors (Lipinski definition) is 6. The van der Waals surface area contributed by atoms with Crippen LogP contribution >= 0.6 is 35.2 Å². The Labute approximate surface area is 254 Å². The van der Waals surface area contributed by atoms with Crippen LogP contribution < -0.4 is 16.4 Å². The monoisotopic (exact) mass is 692 g/mol. The van der Waals surface area contributed by atoms with Gasteiger partial charge in [-0.1, -0.05) is 5.04 Å². The maximum atomic E-state index is 12.2. The van der Waals surface area contributed by atoms with Crippen molar-refractivity contribution >= 4 is 101 Å². The molecule has 0 spiro atoms. The first-order valence-electron chi connectivity index (χ1n) is 10.8. The van der Waals surface area contributed by atoms with Gasteiger partial charge in [-0.2, -0.15) is 31.8 Å². The molecule has 18 nitrogen and oxygen atoms in total. The third-order valence-corrected chi connectivity index (χ3v) is 7.71. The normalized spacial score (nSPS) is 12.1. The number of carbonyl (C=O) groups is 1. The number of primary amides is 1. The van der Waals surface area contributed by atoms with Crippen molar-refractivity contribution in [1.29, 1.82) is 0 Å². The first kappa shape index (κ1) is 32.2. The molecule has 226 valence electrons. The molecule has 0 bridgehead atoms. The van der Waals surface area contributed by atoms with E-state index in [1.54, 1.807) is 0 Å². The topological polar surface area (TPSA) is 278 Å². The number of carbonyl (C=O) groups excluding carboxylic acids is 1. The fraction of sp³-hybridized carbons (Fsp3) is 0. The third kappa shape index (κ3) is 8.20. The number of nitrogens with zero attached hydrogens (tertiary/aromatic N) is 5. The van der Waals surface area contributed by atoms with E-state index in [1.807, 2.05) is 0 Å². The number of nitrogens with one attached hydrogen (secondary N) is 2. The zero-order valence-corrected chi connectivity index (χ0v) is 24.5. The highest BCUT2D eigenvalue weighted by Gasteiger charge is 2.23. The van der Waals surface area contributed by atoms with E-state index in [4.69, 9.17) is 34.2 Å². The molecule has 0 fully saturated rings. The van der Waals surface area contributed by atoms with Crippen LogP contribution in [0.25, 0.3) is 10.8 Å². The molecule has 2 amide bonds. The van der Waals surface area contributed by atoms with Gasteiger partial charge in [0, 0.05) is 16.0 Å². The number of hydrogen-bond acceptors (Lipinski definition) is 15. The van der Waals surface area contributed by atoms with Gasteiger partial charge < -0.3 is 16.4 Å². The number of anilines is 3. The maximum Gasteiger partial charge on any atom is 0.316 e. The van der Waals surface area contributed by atoms with Crippen molar-refractivity contribution in [2.45, 2.75) is 14.7 Å². The van der Waals surface area contributed by atoms with E-state index in [2.05, 4.69) is 45.2 Å². The molecule has 1 aromatic heterocycles. The average Bonchev–Trinajstić information content (AvgIpc) is 2.88. The first-order valence-corrected chi connectivity index (χ1v) is 15.2. The van der Waals surface area contributed by atoms with E-state index in [0.29, 0.717) is 12.0 Å². The van der Waals surface area contributed by atoms with E-state index >= 15 is 0 Å². The lowest BCUT2D eigenvalue weighted by Crippen LogP contribution is -2.19. The van der Waals surface area contributed by atoms with Crippen LogP contribution in [0.1, 0.15) is 0 Å². The Morgan fingerprint density at radius 1 is 0.907 bits per heavy atom. The molecule has 0 radical (unpaired) electrons. The Hall–Kier alpha value is -3.77. The summed E-state index contributed by atoms with van der Waals surface area (Å²) >= 11 is 11.9. The minimum Gasteiger partial charge on any atom is -0.351 e. The average molecular weight is 693 g/mol. The quantitative estimate of drug-likeness (QED) is 0.0423. The highest BCUT2D eigenvalue weighted by Crippen LogP contribution is 2.38. The van der Waals surface area contributed by atoms with Crippen LogP contribution in [-0.2, 0) is 29.6 Å². The van der Waals surface area contributed by atoms with Crippen molar-refractivity contribution in [3.05, 3.63) is 53.0 Å². The van der Waals surface area contributed by atoms with Gasteiger partial charge in [-0.15, -0.1) is 14.6 Å². The number of nitrogens with two attached hydrogens (primary N) is 1. The predicted molar refractivity (Wildman–Crippen MR) is 151 cm³/mol. The number of halogens is 2. The van der Waals surface area contributed by atoms with Gasteiger partial charge in [0.25, 0.3) is 20.2 Å². The SMILES string of the molecule is NC(=O)Nc1cc(Nc2nc(Cl)nc(Cl)n2)ccc1/N=N/c1cc2c(S(=O)(=O)O)cc(SOOO)cc2cc1S(=O)(=O)O. The minimum atomic E-state index is -4.99. The summed E-state index contributed by atoms with van der Waals surface area (Å²) in [5, 5.41) is 23.9. The Morgan fingerprint density at radius 2 is 1.56 bits per heavy atom. The van der Waals surface area contributed by atoms with E-state index in [-0.39, 0.29) is 49.2 Å². The second-order valence-corrected chi connectivity index (χ2v) is 12.1. The summed E-state index contributed by atoms with van der Waals surface area (Å²) in [7, 11) is -9.91. The van der Waals surface area contributed by atoms with Gasteiger partial charge >= 0.3 is 6.03 Å². The number of benzene rings is 3. The molecule has 43 heavy (non-hydrogen) atoms. The zero-order chi connectivity index (χ0) is 31.5. The summed E-state index contributed by atoms with van der Waals surface area (Å²) in [6.45, 7) is 0. The smallest absolute Gasteiger partial charge is 0.316 e. The molecule has 0 saturated carbocycles. The van der Waals surface area contributed by atoms with Crippen molar-refractivity contribution in [2.24, 2.45) is 16.0 Å². The fourth-order valence-electron chi connectivity index (χ4n) is 3.47. The molecule has 7 N–H and O–H groups in total. The maximum absolute atomic E-state index is 12.2. The Bertz CT molecular complexity index is 1980. The summed E-state index contributed by atoms with van der Waals surface area (Å²) in [5.41, 5.74) is 4.83. The van der Waals surface area contributed by atoms with Gasteiger partial charge in [-0.25, -0.2) is 10.1 Å². The molecule has 0 aliphatic rings. The number of aromatic nitrogens is 3. The van der Waals surface area contributed by atoms with Gasteiger partial charge in [-0.3, -0.25) is 9.11 Å². The van der Waals surface area contributed by atoms with Crippen LogP contribution in [0, 0.1) is 0 Å². The summed E-state index contributed by atoms with van der Waals surface area (Å²) in [6, 6.07) is 6.97. The third-order valence-electron chi connectivity index (χ3n) is 5.04. The second-order valence-electron chi connectivity index (χ2n) is 7.88. The summed E-state index contributed by atoms with van der Waals surface area (Å²) < 4.78 is 72.6. The molecule has 0 saturated heterocycles. The van der Waals surface area contributed by atoms with Crippen LogP contribution in [0.15, 0.2) is 67.4 Å². The molecule has 0 aliphatic heterocycles. The summed E-state index contributed by atoms with van der Waals surface area (Å²) in [6.07, 6.45) is 0. The van der Waals surface area contributed by atoms with E-state index in [1.165, 1.54) is 24.3 Å². The standard InChI is InChI=1S/C20H14Cl2N8O10S3/c21-17-26-18(22)28-20(27-17)24-9-1-2-12(13(5-9)25-19(23)31)29-30-14-7-11-8(4-16(14)43(36,37)38)3-10(41-40-39-32)6-15(11)42(33,34)35/h1-7,32H,(H3,23,25,31)(H,33,34,35)(H,36,37,38)(H,24,26,27,28)/b30-29+. The molecule has 4 rings (SSSR count). The number of urea groups is 1. The van der Waals surface area contributed by atoms with E-state index in [9.17, 15) is 30.7 Å². The van der Waals surface area contributed by atoms with Gasteiger partial charge in [0.2, 0.25) is 16.5 Å². The highest BCUT2D eigenvalue weighted by atomic mass is 35.5. The number of azo groups is 1. The largest absolute Gasteiger partial charge is 0.351 e. The molecule has 0 unspecified atom stereocenters. The van der Waals surface area contributed by atoms with E-state index in [0.717, 1.165) is 18.2 Å². The van der Waals surface area contributed by atoms with Gasteiger partial charge in [0.15, 0.2) is 0 Å². The van der Waals surface area contributed by atoms with Crippen molar-refractivity contribution < 1.29 is 45.4 Å². The van der Waals surface area contributed by atoms with Gasteiger partial charge in [0.05, 0.1) is 17.7 Å². The Morgan fingerprint density at radius 3 is 2.16 bits per heavy atom. The van der Waals surface area contributed by atoms with Crippen LogP contribution in [0.3, 0.4) is 0 Å². The Balaban J connectivity index is 1.83. The molecular weight excluding hydrogens is 679 g/mol. The summed E-state index contributed by atoms with van der Waals surface area (Å²) in [4.78, 5) is 21.4. The number of fused-ring (bicyclic) bond motifs is 1. The number of amides is 2. The Kier molecular flexibility index (Phi) is 9.60. The lowest BCUT2D eigenvalue weighted by molar-refractivity contribution is -0.432. The molecule has 4 aromatic rings. The molecule has 3 aromatic carbocycles. The number of rotatable bonds is 10. The molecule has 23 heteroatoms. The van der Waals surface area contributed by atoms with Crippen LogP contribution in [0.5, 0.6) is 0 Å². The van der Waals surface area contributed by atoms with Crippen LogP contribution in [-0.4, -0.2) is 52.2 Å². The zero-order valence-electron chi connectivity index (χ0n) is 20.5. The fourth-order valence-corrected chi connectivity index (χ4v) is 5.73. The molecule has 0 aliphatic carbocycles. The van der Waals surface area contributed by atoms with Crippen LogP contribution in [0.4, 0.5) is 33.5 Å². The predicted octanol–water partition coefficient (Wildman–Crippen LogP) is 4.90. The second kappa shape index (κ2) is 12.8. The van der Waals surface area contributed by atoms with Gasteiger partial charge in [0.1, 0.15) is 21.2 Å². The minimum absolute atomic E-state index is 0.0481. The molecule has 1 heterocycles. The van der Waals surface area contributed by atoms with Gasteiger partial charge in [-0.05, 0) is 71.1 Å². The highest BCUT2D eigenvalue weighted by molar-refractivity contribution is 7.94. The van der Waals surface area contributed by atoms with Crippen LogP contribution in [0.2, 0.25) is 10.6 Å². The lowest BCUT2D eigenvalue weighted by Gasteiger charge is -2.11. The molecular formula is C20H14Cl2N8O10S3. The molecule has 0 atom stereocenters. The van der Waals surface area contributed by atoms with Crippen molar-refractivity contribution in [3.8, 4) is 0 Å². The lowest BCUT2D eigenvalue weighted by atomic mass is 10.1. The summed E-state index contributed by atoms with van der Waals surface area (Å²) in [5.74, 6) is -0.0509. The van der Waals surface area contributed by atoms with Crippen molar-refractivity contribution in [1.82, 2.24) is 15.0 Å².